The number of nitrogens with zero attached hydrogens (tertiary/aromatic N) is 5. The lowest BCUT2D eigenvalue weighted by Crippen LogP contribution is -2.45. The van der Waals surface area contributed by atoms with E-state index in [4.69, 9.17) is 0 Å². The van der Waals surface area contributed by atoms with E-state index in [-0.39, 0.29) is 5.91 Å². The Morgan fingerprint density at radius 2 is 1.74 bits per heavy atom. The first-order valence-corrected chi connectivity index (χ1v) is 9.97. The number of guanidine groups is 1. The molecule has 7 heteroatoms. The quantitative estimate of drug-likeness (QED) is 0.501. The van der Waals surface area contributed by atoms with Gasteiger partial charge in [0.1, 0.15) is 5.82 Å². The first-order valence-electron chi connectivity index (χ1n) is 9.97. The maximum atomic E-state index is 12.3. The van der Waals surface area contributed by atoms with Crippen molar-refractivity contribution in [3.05, 3.63) is 23.9 Å². The third-order valence-electron chi connectivity index (χ3n) is 4.49. The van der Waals surface area contributed by atoms with Crippen LogP contribution in [0.2, 0.25) is 0 Å². The monoisotopic (exact) mass is 376 g/mol. The number of aromatic nitrogens is 1. The Morgan fingerprint density at radius 3 is 2.22 bits per heavy atom. The molecule has 0 fully saturated rings. The molecule has 1 amide bonds. The summed E-state index contributed by atoms with van der Waals surface area (Å²) < 4.78 is 0. The van der Waals surface area contributed by atoms with Crippen molar-refractivity contribution < 1.29 is 4.79 Å². The van der Waals surface area contributed by atoms with Crippen LogP contribution in [0, 0.1) is 0 Å². The normalized spacial score (nSPS) is 11.3. The first kappa shape index (κ1) is 22.7. The van der Waals surface area contributed by atoms with Crippen molar-refractivity contribution in [1.82, 2.24) is 20.1 Å². The second kappa shape index (κ2) is 12.1. The second-order valence-electron chi connectivity index (χ2n) is 6.29. The van der Waals surface area contributed by atoms with Crippen molar-refractivity contribution in [2.24, 2.45) is 4.99 Å². The predicted octanol–water partition coefficient (Wildman–Crippen LogP) is 2.19. The van der Waals surface area contributed by atoms with Crippen LogP contribution in [0.25, 0.3) is 0 Å². The molecule has 0 saturated carbocycles. The smallest absolute Gasteiger partial charge is 0.242 e. The molecule has 0 radical (unpaired) electrons. The third-order valence-corrected chi connectivity index (χ3v) is 4.49. The molecule has 0 saturated heterocycles. The number of amides is 1. The van der Waals surface area contributed by atoms with Crippen molar-refractivity contribution in [3.63, 3.8) is 0 Å². The minimum atomic E-state index is 0.110. The van der Waals surface area contributed by atoms with Gasteiger partial charge in [-0.3, -0.25) is 4.79 Å². The van der Waals surface area contributed by atoms with Crippen LogP contribution >= 0.6 is 0 Å². The van der Waals surface area contributed by atoms with Crippen LogP contribution in [0.5, 0.6) is 0 Å². The Labute approximate surface area is 164 Å². The van der Waals surface area contributed by atoms with Crippen LogP contribution in [0.3, 0.4) is 0 Å². The van der Waals surface area contributed by atoms with E-state index in [0.717, 1.165) is 50.1 Å². The van der Waals surface area contributed by atoms with E-state index in [9.17, 15) is 4.79 Å². The predicted molar refractivity (Wildman–Crippen MR) is 113 cm³/mol. The first-order chi connectivity index (χ1) is 13.0. The number of rotatable bonds is 10. The molecular weight excluding hydrogens is 340 g/mol. The summed E-state index contributed by atoms with van der Waals surface area (Å²) in [4.78, 5) is 27.5. The summed E-state index contributed by atoms with van der Waals surface area (Å²) >= 11 is 0. The number of carbonyl (C=O) groups excluding carboxylic acids is 1. The fourth-order valence-electron chi connectivity index (χ4n) is 2.83. The average Bonchev–Trinajstić information content (AvgIpc) is 2.68. The molecule has 0 atom stereocenters. The van der Waals surface area contributed by atoms with Gasteiger partial charge < -0.3 is 20.0 Å². The van der Waals surface area contributed by atoms with E-state index < -0.39 is 0 Å². The molecule has 1 rings (SSSR count). The molecule has 0 aliphatic heterocycles. The molecule has 1 aromatic rings. The summed E-state index contributed by atoms with van der Waals surface area (Å²) in [7, 11) is 1.89. The molecule has 152 valence electrons. The van der Waals surface area contributed by atoms with Gasteiger partial charge in [-0.2, -0.15) is 0 Å². The SMILES string of the molecule is CCNC(=NCc1ccc(N(CC)CC)nc1)N(C)CC(=O)N(CC)CC. The highest BCUT2D eigenvalue weighted by atomic mass is 16.2. The Balaban J connectivity index is 2.79. The number of aliphatic imine (C=N–C) groups is 1. The molecule has 7 nitrogen and oxygen atoms in total. The summed E-state index contributed by atoms with van der Waals surface area (Å²) in [6.07, 6.45) is 1.88. The summed E-state index contributed by atoms with van der Waals surface area (Å²) in [6, 6.07) is 4.10. The lowest BCUT2D eigenvalue weighted by Gasteiger charge is -2.25. The van der Waals surface area contributed by atoms with Crippen molar-refractivity contribution in [2.75, 3.05) is 51.2 Å². The van der Waals surface area contributed by atoms with Gasteiger partial charge in [-0.25, -0.2) is 9.98 Å². The van der Waals surface area contributed by atoms with E-state index >= 15 is 0 Å². The average molecular weight is 377 g/mol. The zero-order valence-corrected chi connectivity index (χ0v) is 17.8. The zero-order valence-electron chi connectivity index (χ0n) is 17.8. The minimum absolute atomic E-state index is 0.110. The zero-order chi connectivity index (χ0) is 20.2. The molecular formula is C20H36N6O. The van der Waals surface area contributed by atoms with Crippen LogP contribution in [0.4, 0.5) is 5.82 Å². The van der Waals surface area contributed by atoms with Gasteiger partial charge in [0.2, 0.25) is 5.91 Å². The van der Waals surface area contributed by atoms with E-state index in [0.29, 0.717) is 13.1 Å². The van der Waals surface area contributed by atoms with Crippen molar-refractivity contribution in [2.45, 2.75) is 41.2 Å². The van der Waals surface area contributed by atoms with Crippen LogP contribution in [0.1, 0.15) is 40.2 Å². The van der Waals surface area contributed by atoms with Gasteiger partial charge in [0, 0.05) is 46.0 Å². The lowest BCUT2D eigenvalue weighted by atomic mass is 10.3. The minimum Gasteiger partial charge on any atom is -0.357 e. The fraction of sp³-hybridized carbons (Fsp3) is 0.650. The number of hydrogen-bond acceptors (Lipinski definition) is 4. The van der Waals surface area contributed by atoms with Gasteiger partial charge in [0.25, 0.3) is 0 Å². The van der Waals surface area contributed by atoms with Gasteiger partial charge in [-0.1, -0.05) is 6.07 Å². The Hall–Kier alpha value is -2.31. The van der Waals surface area contributed by atoms with Crippen molar-refractivity contribution in [3.8, 4) is 0 Å². The van der Waals surface area contributed by atoms with E-state index in [1.807, 2.05) is 49.9 Å². The van der Waals surface area contributed by atoms with E-state index in [2.05, 4.69) is 40.1 Å². The number of hydrogen-bond donors (Lipinski definition) is 1. The van der Waals surface area contributed by atoms with Gasteiger partial charge in [0.05, 0.1) is 13.1 Å². The number of anilines is 1. The van der Waals surface area contributed by atoms with Gasteiger partial charge in [-0.15, -0.1) is 0 Å². The maximum Gasteiger partial charge on any atom is 0.242 e. The molecule has 27 heavy (non-hydrogen) atoms. The summed E-state index contributed by atoms with van der Waals surface area (Å²) in [5.41, 5.74) is 1.05. The molecule has 0 aliphatic rings. The second-order valence-corrected chi connectivity index (χ2v) is 6.29. The third kappa shape index (κ3) is 7.07. The molecule has 0 aliphatic carbocycles. The van der Waals surface area contributed by atoms with Crippen LogP contribution < -0.4 is 10.2 Å². The summed E-state index contributed by atoms with van der Waals surface area (Å²) in [6.45, 7) is 15.2. The van der Waals surface area contributed by atoms with Crippen LogP contribution in [0.15, 0.2) is 23.3 Å². The molecule has 0 aromatic carbocycles. The fourth-order valence-corrected chi connectivity index (χ4v) is 2.83. The lowest BCUT2D eigenvalue weighted by molar-refractivity contribution is -0.131. The molecule has 1 heterocycles. The van der Waals surface area contributed by atoms with E-state index in [1.165, 1.54) is 0 Å². The van der Waals surface area contributed by atoms with Crippen molar-refractivity contribution in [1.29, 1.82) is 0 Å². The topological polar surface area (TPSA) is 64.1 Å². The van der Waals surface area contributed by atoms with Crippen LogP contribution in [-0.4, -0.2) is 73.0 Å². The standard InChI is InChI=1S/C20H36N6O/c1-7-21-20(24(6)16-19(27)26(10-4)11-5)23-15-17-12-13-18(22-14-17)25(8-2)9-3/h12-14H,7-11,15-16H2,1-6H3,(H,21,23). The molecule has 0 spiro atoms. The number of pyridine rings is 1. The summed E-state index contributed by atoms with van der Waals surface area (Å²) in [5, 5.41) is 3.26. The number of carbonyl (C=O) groups is 1. The van der Waals surface area contributed by atoms with Crippen LogP contribution in [-0.2, 0) is 11.3 Å². The maximum absolute atomic E-state index is 12.3. The molecule has 0 unspecified atom stereocenters. The highest BCUT2D eigenvalue weighted by Crippen LogP contribution is 2.11. The number of likely N-dealkylation sites (N-methyl/N-ethyl adjacent to an activating group) is 2. The summed E-state index contributed by atoms with van der Waals surface area (Å²) in [5.74, 6) is 1.82. The highest BCUT2D eigenvalue weighted by molar-refractivity contribution is 5.86. The largest absolute Gasteiger partial charge is 0.357 e. The highest BCUT2D eigenvalue weighted by Gasteiger charge is 2.15. The van der Waals surface area contributed by atoms with Gasteiger partial charge >= 0.3 is 0 Å². The van der Waals surface area contributed by atoms with Gasteiger partial charge in [0.15, 0.2) is 5.96 Å². The number of nitrogens with one attached hydrogen (secondary N) is 1. The molecule has 0 bridgehead atoms. The Bertz CT molecular complexity index is 579. The van der Waals surface area contributed by atoms with E-state index in [1.54, 1.807) is 0 Å². The van der Waals surface area contributed by atoms with Gasteiger partial charge in [-0.05, 0) is 46.2 Å². The Morgan fingerprint density at radius 1 is 1.07 bits per heavy atom. The van der Waals surface area contributed by atoms with Crippen molar-refractivity contribution >= 4 is 17.7 Å². The molecule has 1 aromatic heterocycles. The Kier molecular flexibility index (Phi) is 10.2. The molecule has 1 N–H and O–H groups in total.